The van der Waals surface area contributed by atoms with Gasteiger partial charge < -0.3 is 9.84 Å². The Morgan fingerprint density at radius 3 is 2.38 bits per heavy atom. The van der Waals surface area contributed by atoms with Crippen LogP contribution in [-0.2, 0) is 12.8 Å². The van der Waals surface area contributed by atoms with E-state index in [1.165, 1.54) is 0 Å². The SMILES string of the molecule is CCc1cc(CC)n(C(C)C(O)c2ccc(OC)cc2)n1. The molecule has 0 aliphatic carbocycles. The third kappa shape index (κ3) is 3.27. The van der Waals surface area contributed by atoms with Crippen molar-refractivity contribution in [1.82, 2.24) is 9.78 Å². The van der Waals surface area contributed by atoms with Crippen LogP contribution in [0.5, 0.6) is 5.75 Å². The van der Waals surface area contributed by atoms with Crippen molar-refractivity contribution in [3.05, 3.63) is 47.3 Å². The van der Waals surface area contributed by atoms with E-state index < -0.39 is 6.10 Å². The summed E-state index contributed by atoms with van der Waals surface area (Å²) in [7, 11) is 1.64. The van der Waals surface area contributed by atoms with Gasteiger partial charge >= 0.3 is 0 Å². The number of methoxy groups -OCH3 is 1. The Balaban J connectivity index is 2.25. The Labute approximate surface area is 126 Å². The molecule has 4 heteroatoms. The predicted molar refractivity (Wildman–Crippen MR) is 83.6 cm³/mol. The summed E-state index contributed by atoms with van der Waals surface area (Å²) in [6.07, 6.45) is 1.23. The Kier molecular flexibility index (Phi) is 5.02. The summed E-state index contributed by atoms with van der Waals surface area (Å²) in [5.41, 5.74) is 3.10. The van der Waals surface area contributed by atoms with E-state index in [2.05, 4.69) is 25.0 Å². The van der Waals surface area contributed by atoms with E-state index in [-0.39, 0.29) is 6.04 Å². The molecule has 1 heterocycles. The number of aryl methyl sites for hydroxylation is 2. The Morgan fingerprint density at radius 2 is 1.86 bits per heavy atom. The predicted octanol–water partition coefficient (Wildman–Crippen LogP) is 3.31. The van der Waals surface area contributed by atoms with E-state index in [0.717, 1.165) is 35.5 Å². The Hall–Kier alpha value is -1.81. The summed E-state index contributed by atoms with van der Waals surface area (Å²) in [5, 5.41) is 15.2. The standard InChI is InChI=1S/C17H24N2O2/c1-5-14-11-15(6-2)19(18-14)12(3)17(20)13-7-9-16(21-4)10-8-13/h7-12,17,20H,5-6H2,1-4H3. The number of rotatable bonds is 6. The van der Waals surface area contributed by atoms with Crippen LogP contribution in [0.25, 0.3) is 0 Å². The largest absolute Gasteiger partial charge is 0.497 e. The van der Waals surface area contributed by atoms with Crippen LogP contribution in [0.15, 0.2) is 30.3 Å². The first-order valence-corrected chi connectivity index (χ1v) is 7.50. The topological polar surface area (TPSA) is 47.3 Å². The zero-order chi connectivity index (χ0) is 15.4. The minimum atomic E-state index is -0.592. The molecule has 4 nitrogen and oxygen atoms in total. The average Bonchev–Trinajstić information content (AvgIpc) is 2.97. The fraction of sp³-hybridized carbons (Fsp3) is 0.471. The van der Waals surface area contributed by atoms with Crippen molar-refractivity contribution in [2.75, 3.05) is 7.11 Å². The molecule has 0 aliphatic heterocycles. The molecule has 0 radical (unpaired) electrons. The normalized spacial score (nSPS) is 14.0. The molecule has 2 atom stereocenters. The molecular weight excluding hydrogens is 264 g/mol. The lowest BCUT2D eigenvalue weighted by molar-refractivity contribution is 0.114. The summed E-state index contributed by atoms with van der Waals surface area (Å²) in [6, 6.07) is 9.55. The van der Waals surface area contributed by atoms with Crippen molar-refractivity contribution >= 4 is 0 Å². The van der Waals surface area contributed by atoms with Gasteiger partial charge in [-0.1, -0.05) is 26.0 Å². The molecule has 0 spiro atoms. The first-order valence-electron chi connectivity index (χ1n) is 7.50. The highest BCUT2D eigenvalue weighted by Gasteiger charge is 2.21. The molecule has 0 amide bonds. The van der Waals surface area contributed by atoms with Gasteiger partial charge in [0.2, 0.25) is 0 Å². The van der Waals surface area contributed by atoms with Gasteiger partial charge in [0.25, 0.3) is 0 Å². The fourth-order valence-electron chi connectivity index (χ4n) is 2.49. The number of ether oxygens (including phenoxy) is 1. The first kappa shape index (κ1) is 15.6. The molecular formula is C17H24N2O2. The molecule has 0 fully saturated rings. The van der Waals surface area contributed by atoms with E-state index in [1.54, 1.807) is 7.11 Å². The molecule has 1 N–H and O–H groups in total. The number of aromatic nitrogens is 2. The maximum Gasteiger partial charge on any atom is 0.118 e. The Bertz CT molecular complexity index is 575. The number of aliphatic hydroxyl groups excluding tert-OH is 1. The molecule has 21 heavy (non-hydrogen) atoms. The highest BCUT2D eigenvalue weighted by molar-refractivity contribution is 5.29. The van der Waals surface area contributed by atoms with Crippen LogP contribution in [0.3, 0.4) is 0 Å². The molecule has 2 aromatic rings. The summed E-state index contributed by atoms with van der Waals surface area (Å²) < 4.78 is 7.10. The summed E-state index contributed by atoms with van der Waals surface area (Å²) in [6.45, 7) is 6.20. The van der Waals surface area contributed by atoms with Crippen LogP contribution >= 0.6 is 0 Å². The monoisotopic (exact) mass is 288 g/mol. The highest BCUT2D eigenvalue weighted by Crippen LogP contribution is 2.28. The van der Waals surface area contributed by atoms with Crippen LogP contribution in [0.2, 0.25) is 0 Å². The number of hydrogen-bond acceptors (Lipinski definition) is 3. The van der Waals surface area contributed by atoms with Gasteiger partial charge in [-0.2, -0.15) is 5.10 Å². The van der Waals surface area contributed by atoms with Gasteiger partial charge in [-0.05, 0) is 43.5 Å². The van der Waals surface area contributed by atoms with Crippen molar-refractivity contribution in [2.24, 2.45) is 0 Å². The van der Waals surface area contributed by atoms with Gasteiger partial charge in [0.1, 0.15) is 11.9 Å². The van der Waals surface area contributed by atoms with Gasteiger partial charge in [-0.25, -0.2) is 0 Å². The molecule has 1 aromatic heterocycles. The van der Waals surface area contributed by atoms with E-state index in [1.807, 2.05) is 35.9 Å². The van der Waals surface area contributed by atoms with E-state index >= 15 is 0 Å². The summed E-state index contributed by atoms with van der Waals surface area (Å²) in [5.74, 6) is 0.792. The molecule has 0 bridgehead atoms. The molecule has 1 aromatic carbocycles. The minimum Gasteiger partial charge on any atom is -0.497 e. The van der Waals surface area contributed by atoms with Crippen molar-refractivity contribution < 1.29 is 9.84 Å². The number of hydrogen-bond donors (Lipinski definition) is 1. The van der Waals surface area contributed by atoms with Crippen LogP contribution in [0, 0.1) is 0 Å². The van der Waals surface area contributed by atoms with Crippen LogP contribution in [-0.4, -0.2) is 22.0 Å². The molecule has 0 aliphatic rings. The van der Waals surface area contributed by atoms with Gasteiger partial charge in [-0.15, -0.1) is 0 Å². The molecule has 0 saturated heterocycles. The van der Waals surface area contributed by atoms with Crippen LogP contribution < -0.4 is 4.74 Å². The average molecular weight is 288 g/mol. The fourth-order valence-corrected chi connectivity index (χ4v) is 2.49. The quantitative estimate of drug-likeness (QED) is 0.887. The molecule has 2 unspecified atom stereocenters. The van der Waals surface area contributed by atoms with Crippen LogP contribution in [0.1, 0.15) is 49.9 Å². The first-order chi connectivity index (χ1) is 10.1. The Morgan fingerprint density at radius 1 is 1.19 bits per heavy atom. The minimum absolute atomic E-state index is 0.103. The number of benzene rings is 1. The van der Waals surface area contributed by atoms with Crippen molar-refractivity contribution in [3.8, 4) is 5.75 Å². The zero-order valence-electron chi connectivity index (χ0n) is 13.2. The van der Waals surface area contributed by atoms with E-state index in [0.29, 0.717) is 0 Å². The third-order valence-corrected chi connectivity index (χ3v) is 3.89. The highest BCUT2D eigenvalue weighted by atomic mass is 16.5. The summed E-state index contributed by atoms with van der Waals surface area (Å²) >= 11 is 0. The van der Waals surface area contributed by atoms with E-state index in [9.17, 15) is 5.11 Å². The lowest BCUT2D eigenvalue weighted by Gasteiger charge is -2.22. The number of nitrogens with zero attached hydrogens (tertiary/aromatic N) is 2. The van der Waals surface area contributed by atoms with Gasteiger partial charge in [0, 0.05) is 5.69 Å². The second kappa shape index (κ2) is 6.76. The zero-order valence-corrected chi connectivity index (χ0v) is 13.2. The van der Waals surface area contributed by atoms with Crippen molar-refractivity contribution in [3.63, 3.8) is 0 Å². The van der Waals surface area contributed by atoms with Crippen LogP contribution in [0.4, 0.5) is 0 Å². The summed E-state index contributed by atoms with van der Waals surface area (Å²) in [4.78, 5) is 0. The lowest BCUT2D eigenvalue weighted by Crippen LogP contribution is -2.18. The smallest absolute Gasteiger partial charge is 0.118 e. The second-order valence-electron chi connectivity index (χ2n) is 5.24. The van der Waals surface area contributed by atoms with Gasteiger partial charge in [0.15, 0.2) is 0 Å². The van der Waals surface area contributed by atoms with Gasteiger partial charge in [-0.3, -0.25) is 4.68 Å². The van der Waals surface area contributed by atoms with E-state index in [4.69, 9.17) is 4.74 Å². The van der Waals surface area contributed by atoms with Crippen molar-refractivity contribution in [1.29, 1.82) is 0 Å². The third-order valence-electron chi connectivity index (χ3n) is 3.89. The number of aliphatic hydroxyl groups is 1. The molecule has 2 rings (SSSR count). The molecule has 0 saturated carbocycles. The maximum atomic E-state index is 10.6. The second-order valence-corrected chi connectivity index (χ2v) is 5.24. The maximum absolute atomic E-state index is 10.6. The van der Waals surface area contributed by atoms with Crippen molar-refractivity contribution in [2.45, 2.75) is 45.8 Å². The van der Waals surface area contributed by atoms with Gasteiger partial charge in [0.05, 0.1) is 18.8 Å². The molecule has 114 valence electrons. The lowest BCUT2D eigenvalue weighted by atomic mass is 10.0.